The highest BCUT2D eigenvalue weighted by atomic mass is 16.5. The van der Waals surface area contributed by atoms with E-state index in [-0.39, 0.29) is 64.6 Å². The molecule has 29 heavy (non-hydrogen) atoms. The van der Waals surface area contributed by atoms with Gasteiger partial charge in [-0.2, -0.15) is 0 Å². The Labute approximate surface area is 170 Å². The smallest absolute Gasteiger partial charge is 0.170 e. The minimum absolute atomic E-state index is 0.0141. The molecule has 3 fully saturated rings. The summed E-state index contributed by atoms with van der Waals surface area (Å²) in [5.41, 5.74) is -0.743. The molecule has 0 unspecified atom stereocenters. The van der Waals surface area contributed by atoms with E-state index in [9.17, 15) is 24.9 Å². The van der Waals surface area contributed by atoms with Gasteiger partial charge in [0.25, 0.3) is 0 Å². The summed E-state index contributed by atoms with van der Waals surface area (Å²) < 4.78 is 6.45. The monoisotopic (exact) mass is 402 g/mol. The number of carbonyl (C=O) groups is 2. The Morgan fingerprint density at radius 3 is 2.45 bits per heavy atom. The van der Waals surface area contributed by atoms with Gasteiger partial charge in [0.15, 0.2) is 12.1 Å². The highest BCUT2D eigenvalue weighted by Crippen LogP contribution is 2.67. The number of phenolic OH excluding ortho intramolecular Hbond substituents is 2. The molecule has 2 bridgehead atoms. The van der Waals surface area contributed by atoms with Gasteiger partial charge in [0.05, 0.1) is 12.2 Å². The number of phenols is 2. The molecule has 158 valence electrons. The van der Waals surface area contributed by atoms with Gasteiger partial charge in [0, 0.05) is 23.8 Å². The van der Waals surface area contributed by atoms with Crippen molar-refractivity contribution < 1.29 is 29.6 Å². The number of fused-ring (bicyclic) bond motifs is 1. The van der Waals surface area contributed by atoms with Gasteiger partial charge in [-0.3, -0.25) is 9.59 Å². The summed E-state index contributed by atoms with van der Waals surface area (Å²) >= 11 is 0. The van der Waals surface area contributed by atoms with Crippen molar-refractivity contribution in [3.63, 3.8) is 0 Å². The number of hydrogen-bond donors (Lipinski definition) is 3. The maximum Gasteiger partial charge on any atom is 0.170 e. The molecular formula is C23H30O6. The van der Waals surface area contributed by atoms with Crippen LogP contribution in [0.1, 0.15) is 73.2 Å². The molecule has 3 N–H and O–H groups in total. The minimum atomic E-state index is -0.848. The Balaban J connectivity index is 1.91. The third kappa shape index (κ3) is 2.57. The van der Waals surface area contributed by atoms with Crippen LogP contribution in [0, 0.1) is 29.1 Å². The molecule has 1 heterocycles. The number of aromatic hydroxyl groups is 2. The predicted molar refractivity (Wildman–Crippen MR) is 107 cm³/mol. The number of rotatable bonds is 5. The molecule has 0 saturated heterocycles. The lowest BCUT2D eigenvalue weighted by Gasteiger charge is -2.68. The summed E-state index contributed by atoms with van der Waals surface area (Å²) in [6.45, 7) is 7.98. The first kappa shape index (κ1) is 20.2. The van der Waals surface area contributed by atoms with Crippen molar-refractivity contribution in [1.82, 2.24) is 0 Å². The summed E-state index contributed by atoms with van der Waals surface area (Å²) in [6.07, 6.45) is 2.79. The number of aliphatic hydroxyl groups excluding tert-OH is 1. The molecule has 6 nitrogen and oxygen atoms in total. The number of benzene rings is 1. The summed E-state index contributed by atoms with van der Waals surface area (Å²) in [4.78, 5) is 24.6. The van der Waals surface area contributed by atoms with E-state index in [1.165, 1.54) is 0 Å². The summed E-state index contributed by atoms with van der Waals surface area (Å²) in [5, 5.41) is 31.8. The van der Waals surface area contributed by atoms with E-state index < -0.39 is 11.4 Å². The molecule has 1 aliphatic heterocycles. The van der Waals surface area contributed by atoms with Crippen molar-refractivity contribution in [1.29, 1.82) is 0 Å². The molecule has 3 aliphatic carbocycles. The van der Waals surface area contributed by atoms with Crippen LogP contribution in [0.5, 0.6) is 17.2 Å². The van der Waals surface area contributed by atoms with Crippen molar-refractivity contribution in [2.75, 3.05) is 6.61 Å². The second kappa shape index (κ2) is 6.46. The van der Waals surface area contributed by atoms with Crippen LogP contribution in [0.2, 0.25) is 0 Å². The number of carbonyl (C=O) groups excluding carboxylic acids is 2. The van der Waals surface area contributed by atoms with Gasteiger partial charge in [0.1, 0.15) is 28.4 Å². The second-order valence-corrected chi connectivity index (χ2v) is 10.1. The lowest BCUT2D eigenvalue weighted by Crippen LogP contribution is -2.70. The predicted octanol–water partition coefficient (Wildman–Crippen LogP) is 3.49. The topological polar surface area (TPSA) is 104 Å². The van der Waals surface area contributed by atoms with Gasteiger partial charge in [-0.1, -0.05) is 27.7 Å². The lowest BCUT2D eigenvalue weighted by atomic mass is 9.40. The maximum atomic E-state index is 13.0. The second-order valence-electron chi connectivity index (χ2n) is 10.1. The standard InChI is InChI=1S/C23H30O6/c1-11(2)5-16(26)18-20(28)15(9-24)19(27)14-7-13-6-12-8-17(22(12,3)4)23(13,10-25)29-21(14)18/h9,11-13,17,25,27-28H,5-8,10H2,1-4H3/t12-,13+,17+,23-/m0/s1. The Morgan fingerprint density at radius 1 is 1.21 bits per heavy atom. The molecule has 4 atom stereocenters. The van der Waals surface area contributed by atoms with Gasteiger partial charge >= 0.3 is 0 Å². The molecule has 1 aromatic carbocycles. The molecule has 0 aromatic heterocycles. The normalized spacial score (nSPS) is 31.3. The fourth-order valence-electron chi connectivity index (χ4n) is 6.11. The Hall–Kier alpha value is -2.08. The fraction of sp³-hybridized carbons (Fsp3) is 0.652. The van der Waals surface area contributed by atoms with Crippen LogP contribution >= 0.6 is 0 Å². The SMILES string of the molecule is CC(C)CC(=O)c1c(O)c(C=O)c(O)c2c1O[C@@]1(CO)[C@@H](C2)C[C@H]2C[C@@H]1C2(C)C. The van der Waals surface area contributed by atoms with Crippen LogP contribution in [0.15, 0.2) is 0 Å². The molecule has 5 rings (SSSR count). The summed E-state index contributed by atoms with van der Waals surface area (Å²) in [7, 11) is 0. The summed E-state index contributed by atoms with van der Waals surface area (Å²) in [5.74, 6) is -0.356. The van der Waals surface area contributed by atoms with Gasteiger partial charge in [0.2, 0.25) is 0 Å². The van der Waals surface area contributed by atoms with Crippen LogP contribution in [0.3, 0.4) is 0 Å². The largest absolute Gasteiger partial charge is 0.507 e. The average molecular weight is 402 g/mol. The van der Waals surface area contributed by atoms with Crippen molar-refractivity contribution >= 4 is 12.1 Å². The van der Waals surface area contributed by atoms with E-state index in [2.05, 4.69) is 13.8 Å². The van der Waals surface area contributed by atoms with E-state index in [0.717, 1.165) is 12.8 Å². The zero-order valence-electron chi connectivity index (χ0n) is 17.5. The van der Waals surface area contributed by atoms with Crippen LogP contribution in [-0.4, -0.2) is 39.6 Å². The average Bonchev–Trinajstić information content (AvgIpc) is 2.65. The third-order valence-electron chi connectivity index (χ3n) is 7.83. The van der Waals surface area contributed by atoms with Gasteiger partial charge < -0.3 is 20.1 Å². The highest BCUT2D eigenvalue weighted by Gasteiger charge is 2.67. The van der Waals surface area contributed by atoms with Crippen LogP contribution in [0.25, 0.3) is 0 Å². The maximum absolute atomic E-state index is 13.0. The van der Waals surface area contributed by atoms with E-state index in [0.29, 0.717) is 24.2 Å². The third-order valence-corrected chi connectivity index (χ3v) is 7.83. The molecule has 6 heteroatoms. The zero-order chi connectivity index (χ0) is 21.3. The molecule has 4 aliphatic rings. The first-order chi connectivity index (χ1) is 13.6. The van der Waals surface area contributed by atoms with Gasteiger partial charge in [-0.15, -0.1) is 0 Å². The van der Waals surface area contributed by atoms with E-state index in [1.54, 1.807) is 0 Å². The number of ketones is 1. The molecule has 1 aromatic rings. The molecule has 0 amide bonds. The first-order valence-electron chi connectivity index (χ1n) is 10.5. The Morgan fingerprint density at radius 2 is 1.90 bits per heavy atom. The Bertz CT molecular complexity index is 886. The van der Waals surface area contributed by atoms with Crippen molar-refractivity contribution in [3.8, 4) is 17.2 Å². The van der Waals surface area contributed by atoms with Crippen LogP contribution in [-0.2, 0) is 6.42 Å². The number of aldehydes is 1. The quantitative estimate of drug-likeness (QED) is 0.514. The fourth-order valence-corrected chi connectivity index (χ4v) is 6.11. The van der Waals surface area contributed by atoms with Crippen molar-refractivity contribution in [2.24, 2.45) is 29.1 Å². The highest BCUT2D eigenvalue weighted by molar-refractivity contribution is 6.05. The van der Waals surface area contributed by atoms with Crippen molar-refractivity contribution in [3.05, 3.63) is 16.7 Å². The molecular weight excluding hydrogens is 372 g/mol. The van der Waals surface area contributed by atoms with Gasteiger partial charge in [-0.25, -0.2) is 0 Å². The molecule has 0 spiro atoms. The lowest BCUT2D eigenvalue weighted by molar-refractivity contribution is -0.239. The summed E-state index contributed by atoms with van der Waals surface area (Å²) in [6, 6.07) is 0. The number of Topliss-reactive ketones (excluding diaryl/α,β-unsaturated/α-hetero) is 1. The van der Waals surface area contributed by atoms with Crippen molar-refractivity contribution in [2.45, 2.75) is 59.0 Å². The number of ether oxygens (including phenoxy) is 1. The van der Waals surface area contributed by atoms with Gasteiger partial charge in [-0.05, 0) is 36.5 Å². The van der Waals surface area contributed by atoms with E-state index >= 15 is 0 Å². The Kier molecular flexibility index (Phi) is 4.50. The van der Waals surface area contributed by atoms with E-state index in [1.807, 2.05) is 13.8 Å². The molecule has 3 saturated carbocycles. The number of aliphatic hydroxyl groups is 1. The minimum Gasteiger partial charge on any atom is -0.507 e. The number of hydrogen-bond acceptors (Lipinski definition) is 6. The van der Waals surface area contributed by atoms with Crippen LogP contribution in [0.4, 0.5) is 0 Å². The van der Waals surface area contributed by atoms with Crippen LogP contribution < -0.4 is 4.74 Å². The molecule has 0 radical (unpaired) electrons. The van der Waals surface area contributed by atoms with E-state index in [4.69, 9.17) is 4.74 Å². The first-order valence-corrected chi connectivity index (χ1v) is 10.5. The zero-order valence-corrected chi connectivity index (χ0v) is 17.5.